The quantitative estimate of drug-likeness (QED) is 0.688. The van der Waals surface area contributed by atoms with Crippen LogP contribution in [0.2, 0.25) is 0 Å². The predicted octanol–water partition coefficient (Wildman–Crippen LogP) is 1.75. The van der Waals surface area contributed by atoms with Gasteiger partial charge in [-0.15, -0.1) is 0 Å². The Bertz CT molecular complexity index is 328. The van der Waals surface area contributed by atoms with Crippen molar-refractivity contribution >= 4 is 0 Å². The molecular formula is C9H8FNO. The zero-order chi connectivity index (χ0) is 9.14. The Morgan fingerprint density at radius 3 is 2.67 bits per heavy atom. The number of hydrogen-bond acceptors (Lipinski definition) is 2. The van der Waals surface area contributed by atoms with E-state index in [9.17, 15) is 4.39 Å². The second kappa shape index (κ2) is 3.33. The van der Waals surface area contributed by atoms with Crippen molar-refractivity contribution in [2.24, 2.45) is 0 Å². The van der Waals surface area contributed by atoms with Crippen molar-refractivity contribution in [3.8, 4) is 6.07 Å². The highest BCUT2D eigenvalue weighted by atomic mass is 19.1. The molecule has 1 unspecified atom stereocenters. The lowest BCUT2D eigenvalue weighted by Gasteiger charge is -2.04. The maximum Gasteiger partial charge on any atom is 0.124 e. The first kappa shape index (κ1) is 8.69. The van der Waals surface area contributed by atoms with E-state index in [0.717, 1.165) is 6.07 Å². The summed E-state index contributed by atoms with van der Waals surface area (Å²) < 4.78 is 12.7. The Balaban J connectivity index is 3.17. The number of nitriles is 1. The van der Waals surface area contributed by atoms with Crippen LogP contribution < -0.4 is 0 Å². The molecule has 1 aromatic rings. The molecule has 0 amide bonds. The molecule has 2 nitrogen and oxygen atoms in total. The van der Waals surface area contributed by atoms with Crippen LogP contribution in [0.25, 0.3) is 0 Å². The van der Waals surface area contributed by atoms with Gasteiger partial charge in [-0.25, -0.2) is 4.39 Å². The lowest BCUT2D eigenvalue weighted by Crippen LogP contribution is -1.93. The van der Waals surface area contributed by atoms with Gasteiger partial charge in [0.2, 0.25) is 0 Å². The third kappa shape index (κ3) is 1.80. The third-order valence-corrected chi connectivity index (χ3v) is 1.53. The molecule has 1 N–H and O–H groups in total. The van der Waals surface area contributed by atoms with E-state index in [-0.39, 0.29) is 5.56 Å². The molecule has 0 spiro atoms. The molecule has 0 fully saturated rings. The first-order valence-corrected chi connectivity index (χ1v) is 3.52. The largest absolute Gasteiger partial charge is 0.389 e. The first-order valence-electron chi connectivity index (χ1n) is 3.52. The molecule has 0 bridgehead atoms. The molecule has 62 valence electrons. The lowest BCUT2D eigenvalue weighted by molar-refractivity contribution is 0.199. The monoisotopic (exact) mass is 165 g/mol. The fourth-order valence-electron chi connectivity index (χ4n) is 0.918. The Labute approximate surface area is 69.9 Å². The normalized spacial score (nSPS) is 12.2. The van der Waals surface area contributed by atoms with E-state index >= 15 is 0 Å². The highest BCUT2D eigenvalue weighted by Crippen LogP contribution is 2.15. The topological polar surface area (TPSA) is 44.0 Å². The average molecular weight is 165 g/mol. The second-order valence-electron chi connectivity index (χ2n) is 2.56. The van der Waals surface area contributed by atoms with Gasteiger partial charge < -0.3 is 5.11 Å². The van der Waals surface area contributed by atoms with Crippen molar-refractivity contribution in [1.82, 2.24) is 0 Å². The molecule has 0 saturated heterocycles. The molecule has 0 aliphatic rings. The van der Waals surface area contributed by atoms with Crippen molar-refractivity contribution in [1.29, 1.82) is 5.26 Å². The summed E-state index contributed by atoms with van der Waals surface area (Å²) in [5, 5.41) is 17.6. The van der Waals surface area contributed by atoms with E-state index in [2.05, 4.69) is 0 Å². The van der Waals surface area contributed by atoms with Crippen LogP contribution in [0.15, 0.2) is 18.2 Å². The molecule has 1 aromatic carbocycles. The highest BCUT2D eigenvalue weighted by Gasteiger charge is 2.04. The van der Waals surface area contributed by atoms with E-state index in [0.29, 0.717) is 5.56 Å². The summed E-state index contributed by atoms with van der Waals surface area (Å²) >= 11 is 0. The van der Waals surface area contributed by atoms with Crippen LogP contribution in [0.3, 0.4) is 0 Å². The van der Waals surface area contributed by atoms with Crippen LogP contribution in [0, 0.1) is 17.1 Å². The molecule has 1 atom stereocenters. The summed E-state index contributed by atoms with van der Waals surface area (Å²) in [4.78, 5) is 0. The van der Waals surface area contributed by atoms with Gasteiger partial charge in [0.15, 0.2) is 0 Å². The molecule has 0 heterocycles. The molecule has 0 aliphatic carbocycles. The molecule has 0 aliphatic heterocycles. The number of halogens is 1. The van der Waals surface area contributed by atoms with Gasteiger partial charge in [0.05, 0.1) is 17.7 Å². The fourth-order valence-corrected chi connectivity index (χ4v) is 0.918. The zero-order valence-corrected chi connectivity index (χ0v) is 6.58. The number of aliphatic hydroxyl groups is 1. The molecular weight excluding hydrogens is 157 g/mol. The Morgan fingerprint density at radius 2 is 2.17 bits per heavy atom. The minimum absolute atomic E-state index is 0.228. The highest BCUT2D eigenvalue weighted by molar-refractivity contribution is 5.34. The van der Waals surface area contributed by atoms with Crippen LogP contribution in [-0.2, 0) is 0 Å². The Morgan fingerprint density at radius 1 is 1.50 bits per heavy atom. The average Bonchev–Trinajstić information content (AvgIpc) is 2.03. The van der Waals surface area contributed by atoms with E-state index in [1.54, 1.807) is 0 Å². The zero-order valence-electron chi connectivity index (χ0n) is 6.58. The van der Waals surface area contributed by atoms with Gasteiger partial charge in [0.25, 0.3) is 0 Å². The van der Waals surface area contributed by atoms with Crippen LogP contribution in [0.1, 0.15) is 24.2 Å². The summed E-state index contributed by atoms with van der Waals surface area (Å²) in [6.45, 7) is 1.52. The third-order valence-electron chi connectivity index (χ3n) is 1.53. The molecule has 0 aromatic heterocycles. The first-order chi connectivity index (χ1) is 5.63. The Kier molecular flexibility index (Phi) is 2.41. The number of aliphatic hydroxyl groups excluding tert-OH is 1. The SMILES string of the molecule is CC(O)c1cc(F)cc(C#N)c1. The van der Waals surface area contributed by atoms with Gasteiger partial charge in [0.1, 0.15) is 5.82 Å². The molecule has 1 rings (SSSR count). The van der Waals surface area contributed by atoms with Crippen LogP contribution in [0.4, 0.5) is 4.39 Å². The lowest BCUT2D eigenvalue weighted by atomic mass is 10.1. The van der Waals surface area contributed by atoms with Crippen LogP contribution >= 0.6 is 0 Å². The van der Waals surface area contributed by atoms with Gasteiger partial charge in [0, 0.05) is 0 Å². The number of nitrogens with zero attached hydrogens (tertiary/aromatic N) is 1. The second-order valence-corrected chi connectivity index (χ2v) is 2.56. The molecule has 0 saturated carbocycles. The number of rotatable bonds is 1. The summed E-state index contributed by atoms with van der Waals surface area (Å²) in [5.41, 5.74) is 0.650. The van der Waals surface area contributed by atoms with E-state index < -0.39 is 11.9 Å². The maximum absolute atomic E-state index is 12.7. The van der Waals surface area contributed by atoms with E-state index in [4.69, 9.17) is 10.4 Å². The molecule has 0 radical (unpaired) electrons. The smallest absolute Gasteiger partial charge is 0.124 e. The summed E-state index contributed by atoms with van der Waals surface area (Å²) in [5.74, 6) is -0.495. The number of benzene rings is 1. The van der Waals surface area contributed by atoms with Crippen LogP contribution in [0.5, 0.6) is 0 Å². The van der Waals surface area contributed by atoms with Crippen molar-refractivity contribution < 1.29 is 9.50 Å². The van der Waals surface area contributed by atoms with Crippen molar-refractivity contribution in [2.75, 3.05) is 0 Å². The van der Waals surface area contributed by atoms with Gasteiger partial charge in [-0.2, -0.15) is 5.26 Å². The fraction of sp³-hybridized carbons (Fsp3) is 0.222. The maximum atomic E-state index is 12.7. The minimum atomic E-state index is -0.743. The van der Waals surface area contributed by atoms with Gasteiger partial charge in [-0.3, -0.25) is 0 Å². The van der Waals surface area contributed by atoms with Gasteiger partial charge in [-0.1, -0.05) is 0 Å². The Hall–Kier alpha value is -1.40. The minimum Gasteiger partial charge on any atom is -0.389 e. The summed E-state index contributed by atoms with van der Waals surface area (Å²) in [6, 6.07) is 5.62. The van der Waals surface area contributed by atoms with Crippen LogP contribution in [-0.4, -0.2) is 5.11 Å². The summed E-state index contributed by atoms with van der Waals surface area (Å²) in [7, 11) is 0. The summed E-state index contributed by atoms with van der Waals surface area (Å²) in [6.07, 6.45) is -0.743. The molecule has 12 heavy (non-hydrogen) atoms. The van der Waals surface area contributed by atoms with E-state index in [1.165, 1.54) is 19.1 Å². The van der Waals surface area contributed by atoms with Gasteiger partial charge in [-0.05, 0) is 30.7 Å². The predicted molar refractivity (Wildman–Crippen MR) is 41.7 cm³/mol. The number of hydrogen-bond donors (Lipinski definition) is 1. The standard InChI is InChI=1S/C9H8FNO/c1-6(12)8-2-7(5-11)3-9(10)4-8/h2-4,6,12H,1H3. The van der Waals surface area contributed by atoms with E-state index in [1.807, 2.05) is 6.07 Å². The molecule has 3 heteroatoms. The van der Waals surface area contributed by atoms with Crippen molar-refractivity contribution in [2.45, 2.75) is 13.0 Å². The van der Waals surface area contributed by atoms with Crippen molar-refractivity contribution in [3.63, 3.8) is 0 Å². The van der Waals surface area contributed by atoms with Crippen molar-refractivity contribution in [3.05, 3.63) is 35.1 Å². The van der Waals surface area contributed by atoms with Gasteiger partial charge >= 0.3 is 0 Å².